The predicted molar refractivity (Wildman–Crippen MR) is 79.6 cm³/mol. The molecule has 0 amide bonds. The first-order valence-corrected chi connectivity index (χ1v) is 6.97. The van der Waals surface area contributed by atoms with Gasteiger partial charge in [-0.3, -0.25) is 4.68 Å². The smallest absolute Gasteiger partial charge is 0.0834 e. The van der Waals surface area contributed by atoms with Crippen LogP contribution in [0.15, 0.2) is 30.5 Å². The van der Waals surface area contributed by atoms with Crippen molar-refractivity contribution < 1.29 is 0 Å². The molecular weight excluding hydrogens is 258 g/mol. The standard InChI is InChI=1S/C15H20ClN3/c1-4-19-15(13(16)10-18-19)14(17-3)9-12-7-5-6-11(2)8-12/h5-8,10,14,17H,4,9H2,1-3H3. The third-order valence-corrected chi connectivity index (χ3v) is 3.62. The molecule has 1 atom stereocenters. The lowest BCUT2D eigenvalue weighted by Crippen LogP contribution is -2.22. The normalized spacial score (nSPS) is 12.6. The summed E-state index contributed by atoms with van der Waals surface area (Å²) in [7, 11) is 1.96. The largest absolute Gasteiger partial charge is 0.311 e. The summed E-state index contributed by atoms with van der Waals surface area (Å²) in [6.45, 7) is 5.02. The monoisotopic (exact) mass is 277 g/mol. The number of hydrogen-bond donors (Lipinski definition) is 1. The van der Waals surface area contributed by atoms with Crippen molar-refractivity contribution in [1.29, 1.82) is 0 Å². The molecule has 0 radical (unpaired) electrons. The number of aryl methyl sites for hydroxylation is 2. The zero-order valence-corrected chi connectivity index (χ0v) is 12.4. The van der Waals surface area contributed by atoms with Crippen LogP contribution >= 0.6 is 11.6 Å². The average molecular weight is 278 g/mol. The summed E-state index contributed by atoms with van der Waals surface area (Å²) >= 11 is 6.27. The Morgan fingerprint density at radius 3 is 2.84 bits per heavy atom. The predicted octanol–water partition coefficient (Wildman–Crippen LogP) is 3.37. The molecular formula is C15H20ClN3. The molecule has 0 aliphatic heterocycles. The van der Waals surface area contributed by atoms with Gasteiger partial charge in [-0.25, -0.2) is 0 Å². The molecule has 4 heteroatoms. The Labute approximate surface area is 119 Å². The lowest BCUT2D eigenvalue weighted by atomic mass is 10.0. The Bertz CT molecular complexity index is 548. The molecule has 0 aliphatic rings. The van der Waals surface area contributed by atoms with Gasteiger partial charge < -0.3 is 5.32 Å². The summed E-state index contributed by atoms with van der Waals surface area (Å²) in [6.07, 6.45) is 2.63. The second kappa shape index (κ2) is 6.22. The quantitative estimate of drug-likeness (QED) is 0.908. The van der Waals surface area contributed by atoms with Crippen LogP contribution in [0.2, 0.25) is 5.02 Å². The molecule has 102 valence electrons. The highest BCUT2D eigenvalue weighted by molar-refractivity contribution is 6.31. The second-order valence-electron chi connectivity index (χ2n) is 4.73. The molecule has 2 aromatic rings. The summed E-state index contributed by atoms with van der Waals surface area (Å²) in [5.41, 5.74) is 3.65. The van der Waals surface area contributed by atoms with Crippen LogP contribution in [0.4, 0.5) is 0 Å². The van der Waals surface area contributed by atoms with Crippen molar-refractivity contribution in [3.05, 3.63) is 52.3 Å². The second-order valence-corrected chi connectivity index (χ2v) is 5.14. The fourth-order valence-corrected chi connectivity index (χ4v) is 2.65. The molecule has 1 unspecified atom stereocenters. The van der Waals surface area contributed by atoms with Crippen LogP contribution in [0.25, 0.3) is 0 Å². The van der Waals surface area contributed by atoms with E-state index in [0.717, 1.165) is 23.7 Å². The number of rotatable bonds is 5. The fourth-order valence-electron chi connectivity index (χ4n) is 2.38. The van der Waals surface area contributed by atoms with Gasteiger partial charge in [0, 0.05) is 6.54 Å². The molecule has 0 fully saturated rings. The van der Waals surface area contributed by atoms with Crippen molar-refractivity contribution in [2.75, 3.05) is 7.05 Å². The van der Waals surface area contributed by atoms with E-state index in [0.29, 0.717) is 0 Å². The first-order valence-electron chi connectivity index (χ1n) is 6.59. The van der Waals surface area contributed by atoms with Gasteiger partial charge in [-0.2, -0.15) is 5.10 Å². The first-order chi connectivity index (χ1) is 9.15. The topological polar surface area (TPSA) is 29.9 Å². The van der Waals surface area contributed by atoms with E-state index in [1.165, 1.54) is 11.1 Å². The van der Waals surface area contributed by atoms with E-state index in [1.807, 2.05) is 11.7 Å². The van der Waals surface area contributed by atoms with Gasteiger partial charge in [0.05, 0.1) is 23.0 Å². The Morgan fingerprint density at radius 2 is 2.21 bits per heavy atom. The number of hydrogen-bond acceptors (Lipinski definition) is 2. The minimum atomic E-state index is 0.178. The van der Waals surface area contributed by atoms with Gasteiger partial charge in [0.2, 0.25) is 0 Å². The number of benzene rings is 1. The average Bonchev–Trinajstić information content (AvgIpc) is 2.77. The highest BCUT2D eigenvalue weighted by atomic mass is 35.5. The molecule has 19 heavy (non-hydrogen) atoms. The lowest BCUT2D eigenvalue weighted by Gasteiger charge is -2.18. The van der Waals surface area contributed by atoms with Crippen LogP contribution in [0, 0.1) is 6.92 Å². The van der Waals surface area contributed by atoms with Crippen LogP contribution in [0.1, 0.15) is 29.8 Å². The van der Waals surface area contributed by atoms with Crippen molar-refractivity contribution in [1.82, 2.24) is 15.1 Å². The van der Waals surface area contributed by atoms with Gasteiger partial charge in [0.25, 0.3) is 0 Å². The zero-order chi connectivity index (χ0) is 13.8. The minimum Gasteiger partial charge on any atom is -0.311 e. The number of nitrogens with zero attached hydrogens (tertiary/aromatic N) is 2. The van der Waals surface area contributed by atoms with E-state index in [1.54, 1.807) is 6.20 Å². The Balaban J connectivity index is 2.27. The van der Waals surface area contributed by atoms with Crippen LogP contribution in [-0.4, -0.2) is 16.8 Å². The van der Waals surface area contributed by atoms with Crippen molar-refractivity contribution in [2.45, 2.75) is 32.9 Å². The number of halogens is 1. The summed E-state index contributed by atoms with van der Waals surface area (Å²) in [5, 5.41) is 8.38. The van der Waals surface area contributed by atoms with Gasteiger partial charge in [-0.15, -0.1) is 0 Å². The number of aromatic nitrogens is 2. The van der Waals surface area contributed by atoms with Crippen LogP contribution in [-0.2, 0) is 13.0 Å². The Hall–Kier alpha value is -1.32. The highest BCUT2D eigenvalue weighted by Gasteiger charge is 2.18. The van der Waals surface area contributed by atoms with Crippen molar-refractivity contribution >= 4 is 11.6 Å². The minimum absolute atomic E-state index is 0.178. The summed E-state index contributed by atoms with van der Waals surface area (Å²) < 4.78 is 1.96. The van der Waals surface area contributed by atoms with Gasteiger partial charge in [-0.1, -0.05) is 41.4 Å². The summed E-state index contributed by atoms with van der Waals surface area (Å²) in [5.74, 6) is 0. The van der Waals surface area contributed by atoms with Crippen LogP contribution in [0.3, 0.4) is 0 Å². The summed E-state index contributed by atoms with van der Waals surface area (Å²) in [4.78, 5) is 0. The molecule has 0 saturated carbocycles. The molecule has 3 nitrogen and oxygen atoms in total. The first kappa shape index (κ1) is 14.1. The molecule has 1 heterocycles. The van der Waals surface area contributed by atoms with E-state index in [4.69, 9.17) is 11.6 Å². The molecule has 0 aliphatic carbocycles. The molecule has 0 bridgehead atoms. The van der Waals surface area contributed by atoms with Gasteiger partial charge in [0.15, 0.2) is 0 Å². The number of nitrogens with one attached hydrogen (secondary N) is 1. The van der Waals surface area contributed by atoms with Crippen LogP contribution in [0.5, 0.6) is 0 Å². The van der Waals surface area contributed by atoms with Gasteiger partial charge in [0.1, 0.15) is 0 Å². The molecule has 2 rings (SSSR count). The number of likely N-dealkylation sites (N-methyl/N-ethyl adjacent to an activating group) is 1. The van der Waals surface area contributed by atoms with Crippen molar-refractivity contribution in [3.63, 3.8) is 0 Å². The summed E-state index contributed by atoms with van der Waals surface area (Å²) in [6, 6.07) is 8.75. The zero-order valence-electron chi connectivity index (χ0n) is 11.7. The molecule has 0 saturated heterocycles. The SMILES string of the molecule is CCn1ncc(Cl)c1C(Cc1cccc(C)c1)NC. The van der Waals surface area contributed by atoms with Gasteiger partial charge >= 0.3 is 0 Å². The maximum Gasteiger partial charge on any atom is 0.0834 e. The fraction of sp³-hybridized carbons (Fsp3) is 0.400. The maximum absolute atomic E-state index is 6.27. The van der Waals surface area contributed by atoms with Gasteiger partial charge in [-0.05, 0) is 32.9 Å². The van der Waals surface area contributed by atoms with E-state index < -0.39 is 0 Å². The molecule has 1 aromatic heterocycles. The van der Waals surface area contributed by atoms with E-state index in [9.17, 15) is 0 Å². The molecule has 0 spiro atoms. The van der Waals surface area contributed by atoms with E-state index in [-0.39, 0.29) is 6.04 Å². The molecule has 1 aromatic carbocycles. The molecule has 1 N–H and O–H groups in total. The third-order valence-electron chi connectivity index (χ3n) is 3.33. The van der Waals surface area contributed by atoms with E-state index >= 15 is 0 Å². The lowest BCUT2D eigenvalue weighted by molar-refractivity contribution is 0.513. The highest BCUT2D eigenvalue weighted by Crippen LogP contribution is 2.25. The Kier molecular flexibility index (Phi) is 4.61. The van der Waals surface area contributed by atoms with Crippen molar-refractivity contribution in [2.24, 2.45) is 0 Å². The van der Waals surface area contributed by atoms with E-state index in [2.05, 4.69) is 48.5 Å². The Morgan fingerprint density at radius 1 is 1.42 bits per heavy atom. The van der Waals surface area contributed by atoms with Crippen LogP contribution < -0.4 is 5.32 Å². The van der Waals surface area contributed by atoms with Crippen molar-refractivity contribution in [3.8, 4) is 0 Å². The maximum atomic E-state index is 6.27. The third kappa shape index (κ3) is 3.17.